The Kier molecular flexibility index (Phi) is 1.95. The molecule has 60 valence electrons. The van der Waals surface area contributed by atoms with E-state index in [1.54, 1.807) is 0 Å². The van der Waals surface area contributed by atoms with Crippen LogP contribution in [0, 0.1) is 0 Å². The SMILES string of the molecule is NC1CC(NS(N)(=O)=O)C1. The van der Waals surface area contributed by atoms with Gasteiger partial charge in [-0.2, -0.15) is 13.1 Å². The molecule has 1 aliphatic rings. The minimum atomic E-state index is -3.51. The Balaban J connectivity index is 2.30. The first-order valence-corrected chi connectivity index (χ1v) is 4.57. The lowest BCUT2D eigenvalue weighted by Gasteiger charge is -2.31. The van der Waals surface area contributed by atoms with Gasteiger partial charge in [-0.25, -0.2) is 5.14 Å². The zero-order valence-corrected chi connectivity index (χ0v) is 6.26. The van der Waals surface area contributed by atoms with Gasteiger partial charge >= 0.3 is 0 Å². The topological polar surface area (TPSA) is 98.2 Å². The predicted molar refractivity (Wildman–Crippen MR) is 37.2 cm³/mol. The third-order valence-electron chi connectivity index (χ3n) is 1.51. The van der Waals surface area contributed by atoms with Crippen molar-refractivity contribution in [3.63, 3.8) is 0 Å². The van der Waals surface area contributed by atoms with Crippen molar-refractivity contribution in [3.8, 4) is 0 Å². The molecular formula is C4H11N3O2S. The van der Waals surface area contributed by atoms with E-state index >= 15 is 0 Å². The van der Waals surface area contributed by atoms with Gasteiger partial charge in [-0.15, -0.1) is 0 Å². The van der Waals surface area contributed by atoms with Gasteiger partial charge in [-0.05, 0) is 12.8 Å². The summed E-state index contributed by atoms with van der Waals surface area (Å²) in [5.74, 6) is 0. The molecule has 0 spiro atoms. The molecule has 0 radical (unpaired) electrons. The monoisotopic (exact) mass is 165 g/mol. The van der Waals surface area contributed by atoms with Gasteiger partial charge in [0.1, 0.15) is 0 Å². The number of hydrogen-bond acceptors (Lipinski definition) is 3. The molecule has 0 bridgehead atoms. The van der Waals surface area contributed by atoms with E-state index in [0.717, 1.165) is 0 Å². The second kappa shape index (κ2) is 2.46. The molecule has 5 N–H and O–H groups in total. The highest BCUT2D eigenvalue weighted by atomic mass is 32.2. The lowest BCUT2D eigenvalue weighted by Crippen LogP contribution is -2.51. The minimum Gasteiger partial charge on any atom is -0.328 e. The predicted octanol–water partition coefficient (Wildman–Crippen LogP) is -1.73. The highest BCUT2D eigenvalue weighted by Gasteiger charge is 2.27. The van der Waals surface area contributed by atoms with Gasteiger partial charge < -0.3 is 5.73 Å². The fourth-order valence-corrected chi connectivity index (χ4v) is 1.65. The number of nitrogens with one attached hydrogen (secondary N) is 1. The molecule has 0 aromatic heterocycles. The van der Waals surface area contributed by atoms with Crippen molar-refractivity contribution in [2.24, 2.45) is 10.9 Å². The summed E-state index contributed by atoms with van der Waals surface area (Å²) in [4.78, 5) is 0. The van der Waals surface area contributed by atoms with Crippen LogP contribution in [0.15, 0.2) is 0 Å². The van der Waals surface area contributed by atoms with Gasteiger partial charge in [0.25, 0.3) is 10.2 Å². The van der Waals surface area contributed by atoms with Crippen molar-refractivity contribution in [2.45, 2.75) is 24.9 Å². The van der Waals surface area contributed by atoms with E-state index < -0.39 is 10.2 Å². The Labute approximate surface area is 60.0 Å². The molecule has 0 aromatic rings. The molecule has 0 saturated heterocycles. The Morgan fingerprint density at radius 2 is 1.90 bits per heavy atom. The van der Waals surface area contributed by atoms with E-state index in [4.69, 9.17) is 10.9 Å². The summed E-state index contributed by atoms with van der Waals surface area (Å²) >= 11 is 0. The smallest absolute Gasteiger partial charge is 0.274 e. The molecule has 0 unspecified atom stereocenters. The molecule has 10 heavy (non-hydrogen) atoms. The zero-order chi connectivity index (χ0) is 7.78. The normalized spacial score (nSPS) is 33.4. The molecular weight excluding hydrogens is 154 g/mol. The van der Waals surface area contributed by atoms with E-state index in [1.807, 2.05) is 0 Å². The van der Waals surface area contributed by atoms with Gasteiger partial charge in [-0.1, -0.05) is 0 Å². The van der Waals surface area contributed by atoms with Gasteiger partial charge in [0.2, 0.25) is 0 Å². The lowest BCUT2D eigenvalue weighted by molar-refractivity contribution is 0.327. The Bertz CT molecular complexity index is 207. The summed E-state index contributed by atoms with van der Waals surface area (Å²) in [6.07, 6.45) is 1.38. The molecule has 1 rings (SSSR count). The number of hydrogen-bond donors (Lipinski definition) is 3. The van der Waals surface area contributed by atoms with Crippen LogP contribution in [0.3, 0.4) is 0 Å². The molecule has 0 heterocycles. The summed E-state index contributed by atoms with van der Waals surface area (Å²) < 4.78 is 23.0. The van der Waals surface area contributed by atoms with Crippen LogP contribution in [-0.2, 0) is 10.2 Å². The van der Waals surface area contributed by atoms with Gasteiger partial charge in [0.15, 0.2) is 0 Å². The maximum absolute atomic E-state index is 10.4. The molecule has 5 nitrogen and oxygen atoms in total. The highest BCUT2D eigenvalue weighted by molar-refractivity contribution is 7.87. The largest absolute Gasteiger partial charge is 0.328 e. The van der Waals surface area contributed by atoms with E-state index in [2.05, 4.69) is 4.72 Å². The van der Waals surface area contributed by atoms with Crippen LogP contribution in [0.1, 0.15) is 12.8 Å². The molecule has 1 fully saturated rings. The summed E-state index contributed by atoms with van der Waals surface area (Å²) in [6, 6.07) is 0.101. The van der Waals surface area contributed by atoms with Crippen LogP contribution in [0.5, 0.6) is 0 Å². The van der Waals surface area contributed by atoms with Crippen molar-refractivity contribution in [1.29, 1.82) is 0 Å². The fourth-order valence-electron chi connectivity index (χ4n) is 0.990. The average molecular weight is 165 g/mol. The zero-order valence-electron chi connectivity index (χ0n) is 5.45. The van der Waals surface area contributed by atoms with E-state index in [1.165, 1.54) is 0 Å². The van der Waals surface area contributed by atoms with Crippen molar-refractivity contribution >= 4 is 10.2 Å². The number of nitrogens with two attached hydrogens (primary N) is 2. The molecule has 0 amide bonds. The summed E-state index contributed by atoms with van der Waals surface area (Å²) in [6.45, 7) is 0. The Morgan fingerprint density at radius 3 is 2.20 bits per heavy atom. The molecule has 1 aliphatic carbocycles. The van der Waals surface area contributed by atoms with Gasteiger partial charge in [0.05, 0.1) is 0 Å². The van der Waals surface area contributed by atoms with Crippen LogP contribution in [0.4, 0.5) is 0 Å². The molecule has 6 heteroatoms. The molecule has 0 aromatic carbocycles. The van der Waals surface area contributed by atoms with Crippen LogP contribution < -0.4 is 15.6 Å². The average Bonchev–Trinajstić information content (AvgIpc) is 1.57. The first-order valence-electron chi connectivity index (χ1n) is 3.03. The maximum atomic E-state index is 10.4. The van der Waals surface area contributed by atoms with Gasteiger partial charge in [0, 0.05) is 12.1 Å². The van der Waals surface area contributed by atoms with Crippen LogP contribution in [-0.4, -0.2) is 20.5 Å². The van der Waals surface area contributed by atoms with Crippen LogP contribution in [0.2, 0.25) is 0 Å². The second-order valence-corrected chi connectivity index (χ2v) is 3.92. The fraction of sp³-hybridized carbons (Fsp3) is 1.00. The first kappa shape index (κ1) is 7.93. The Hall–Kier alpha value is -0.170. The third-order valence-corrected chi connectivity index (χ3v) is 2.17. The minimum absolute atomic E-state index is 0.0370. The molecule has 0 aliphatic heterocycles. The summed E-state index contributed by atoms with van der Waals surface area (Å²) in [5.41, 5.74) is 5.41. The lowest BCUT2D eigenvalue weighted by atomic mass is 9.89. The highest BCUT2D eigenvalue weighted by Crippen LogP contribution is 2.17. The van der Waals surface area contributed by atoms with E-state index in [-0.39, 0.29) is 12.1 Å². The number of rotatable bonds is 2. The van der Waals surface area contributed by atoms with Crippen LogP contribution >= 0.6 is 0 Å². The van der Waals surface area contributed by atoms with Gasteiger partial charge in [-0.3, -0.25) is 0 Å². The summed E-state index contributed by atoms with van der Waals surface area (Å²) in [5, 5.41) is 4.71. The second-order valence-electron chi connectivity index (χ2n) is 2.59. The standard InChI is InChI=1S/C4H11N3O2S/c5-3-1-4(2-3)7-10(6,8)9/h3-4,7H,1-2,5H2,(H2,6,8,9). The van der Waals surface area contributed by atoms with Crippen molar-refractivity contribution < 1.29 is 8.42 Å². The van der Waals surface area contributed by atoms with Crippen molar-refractivity contribution in [2.75, 3.05) is 0 Å². The summed E-state index contributed by atoms with van der Waals surface area (Å²) in [7, 11) is -3.51. The Morgan fingerprint density at radius 1 is 1.40 bits per heavy atom. The maximum Gasteiger partial charge on any atom is 0.274 e. The van der Waals surface area contributed by atoms with Crippen molar-refractivity contribution in [1.82, 2.24) is 4.72 Å². The van der Waals surface area contributed by atoms with Crippen LogP contribution in [0.25, 0.3) is 0 Å². The first-order chi connectivity index (χ1) is 4.47. The third kappa shape index (κ3) is 2.22. The van der Waals surface area contributed by atoms with E-state index in [9.17, 15) is 8.42 Å². The quantitative estimate of drug-likeness (QED) is 0.453. The molecule has 0 atom stereocenters. The molecule has 1 saturated carbocycles. The van der Waals surface area contributed by atoms with E-state index in [0.29, 0.717) is 12.8 Å². The van der Waals surface area contributed by atoms with Crippen molar-refractivity contribution in [3.05, 3.63) is 0 Å².